The highest BCUT2D eigenvalue weighted by molar-refractivity contribution is 5.84. The summed E-state index contributed by atoms with van der Waals surface area (Å²) >= 11 is 0. The van der Waals surface area contributed by atoms with E-state index in [1.807, 2.05) is 12.1 Å². The van der Waals surface area contributed by atoms with Gasteiger partial charge in [0, 0.05) is 18.4 Å². The highest BCUT2D eigenvalue weighted by Crippen LogP contribution is 2.24. The number of piperidine rings is 1. The molecule has 2 heterocycles. The molecule has 1 unspecified atom stereocenters. The van der Waals surface area contributed by atoms with Gasteiger partial charge in [0.15, 0.2) is 0 Å². The molecule has 4 heteroatoms. The van der Waals surface area contributed by atoms with Crippen LogP contribution in [0.15, 0.2) is 24.5 Å². The normalized spacial score (nSPS) is 19.0. The van der Waals surface area contributed by atoms with Crippen molar-refractivity contribution in [1.29, 1.82) is 0 Å². The summed E-state index contributed by atoms with van der Waals surface area (Å²) in [5, 5.41) is 3.23. The minimum atomic E-state index is -0.0855. The maximum Gasteiger partial charge on any atom is 0.228 e. The first-order chi connectivity index (χ1) is 9.58. The zero-order chi connectivity index (χ0) is 14.5. The summed E-state index contributed by atoms with van der Waals surface area (Å²) in [6, 6.07) is 4.21. The SMILES string of the molecule is CC(C)C(C(=O)NC1CCN(C)CC1)c1ccncc1. The van der Waals surface area contributed by atoms with E-state index in [1.165, 1.54) is 0 Å². The Balaban J connectivity index is 2.01. The van der Waals surface area contributed by atoms with Gasteiger partial charge in [0.05, 0.1) is 5.92 Å². The van der Waals surface area contributed by atoms with Gasteiger partial charge in [0.1, 0.15) is 0 Å². The Morgan fingerprint density at radius 2 is 1.90 bits per heavy atom. The first-order valence-corrected chi connectivity index (χ1v) is 7.46. The van der Waals surface area contributed by atoms with Gasteiger partial charge in [-0.2, -0.15) is 0 Å². The number of aromatic nitrogens is 1. The van der Waals surface area contributed by atoms with Gasteiger partial charge in [0.2, 0.25) is 5.91 Å². The summed E-state index contributed by atoms with van der Waals surface area (Å²) in [6.07, 6.45) is 5.61. The van der Waals surface area contributed by atoms with Crippen molar-refractivity contribution in [3.05, 3.63) is 30.1 Å². The predicted molar refractivity (Wildman–Crippen MR) is 80.5 cm³/mol. The van der Waals surface area contributed by atoms with Crippen LogP contribution in [-0.4, -0.2) is 42.0 Å². The van der Waals surface area contributed by atoms with E-state index < -0.39 is 0 Å². The number of amides is 1. The zero-order valence-corrected chi connectivity index (χ0v) is 12.7. The van der Waals surface area contributed by atoms with Crippen molar-refractivity contribution in [3.63, 3.8) is 0 Å². The molecule has 4 nitrogen and oxygen atoms in total. The molecule has 20 heavy (non-hydrogen) atoms. The van der Waals surface area contributed by atoms with Gasteiger partial charge < -0.3 is 10.2 Å². The van der Waals surface area contributed by atoms with Gasteiger partial charge in [-0.25, -0.2) is 0 Å². The molecule has 1 N–H and O–H groups in total. The van der Waals surface area contributed by atoms with E-state index in [9.17, 15) is 4.79 Å². The van der Waals surface area contributed by atoms with E-state index in [2.05, 4.69) is 36.1 Å². The second-order valence-corrected chi connectivity index (χ2v) is 6.09. The number of hydrogen-bond acceptors (Lipinski definition) is 3. The Morgan fingerprint density at radius 3 is 2.45 bits per heavy atom. The molecule has 0 aromatic carbocycles. The lowest BCUT2D eigenvalue weighted by atomic mass is 9.87. The molecule has 0 saturated carbocycles. The molecule has 0 spiro atoms. The number of pyridine rings is 1. The van der Waals surface area contributed by atoms with Crippen LogP contribution in [0.2, 0.25) is 0 Å². The smallest absolute Gasteiger partial charge is 0.228 e. The molecule has 1 amide bonds. The lowest BCUT2D eigenvalue weighted by Gasteiger charge is -2.31. The molecule has 1 atom stereocenters. The average molecular weight is 275 g/mol. The lowest BCUT2D eigenvalue weighted by Crippen LogP contribution is -2.45. The van der Waals surface area contributed by atoms with Crippen molar-refractivity contribution in [1.82, 2.24) is 15.2 Å². The van der Waals surface area contributed by atoms with E-state index in [4.69, 9.17) is 0 Å². The van der Waals surface area contributed by atoms with Crippen molar-refractivity contribution in [2.75, 3.05) is 20.1 Å². The summed E-state index contributed by atoms with van der Waals surface area (Å²) in [7, 11) is 2.13. The Hall–Kier alpha value is -1.42. The molecular formula is C16H25N3O. The molecule has 1 saturated heterocycles. The molecule has 1 fully saturated rings. The molecular weight excluding hydrogens is 250 g/mol. The van der Waals surface area contributed by atoms with Gasteiger partial charge in [-0.05, 0) is 56.6 Å². The fourth-order valence-corrected chi connectivity index (χ4v) is 2.85. The van der Waals surface area contributed by atoms with Crippen molar-refractivity contribution in [2.45, 2.75) is 38.6 Å². The second kappa shape index (κ2) is 6.84. The lowest BCUT2D eigenvalue weighted by molar-refractivity contribution is -0.124. The molecule has 0 aliphatic carbocycles. The van der Waals surface area contributed by atoms with E-state index in [1.54, 1.807) is 12.4 Å². The van der Waals surface area contributed by atoms with Crippen LogP contribution in [0.25, 0.3) is 0 Å². The summed E-state index contributed by atoms with van der Waals surface area (Å²) in [6.45, 7) is 6.32. The third kappa shape index (κ3) is 3.79. The number of carbonyl (C=O) groups excluding carboxylic acids is 1. The van der Waals surface area contributed by atoms with Crippen molar-refractivity contribution >= 4 is 5.91 Å². The third-order valence-electron chi connectivity index (χ3n) is 4.08. The number of likely N-dealkylation sites (tertiary alicyclic amines) is 1. The van der Waals surface area contributed by atoms with Gasteiger partial charge in [-0.15, -0.1) is 0 Å². The fourth-order valence-electron chi connectivity index (χ4n) is 2.85. The summed E-state index contributed by atoms with van der Waals surface area (Å²) in [4.78, 5) is 18.9. The van der Waals surface area contributed by atoms with Crippen LogP contribution in [0.3, 0.4) is 0 Å². The number of carbonyl (C=O) groups is 1. The molecule has 1 aliphatic heterocycles. The highest BCUT2D eigenvalue weighted by Gasteiger charge is 2.27. The summed E-state index contributed by atoms with van der Waals surface area (Å²) < 4.78 is 0. The Bertz CT molecular complexity index is 425. The van der Waals surface area contributed by atoms with Gasteiger partial charge >= 0.3 is 0 Å². The van der Waals surface area contributed by atoms with Crippen LogP contribution in [0.5, 0.6) is 0 Å². The monoisotopic (exact) mass is 275 g/mol. The predicted octanol–water partition coefficient (Wildman–Crippen LogP) is 2.03. The topological polar surface area (TPSA) is 45.2 Å². The highest BCUT2D eigenvalue weighted by atomic mass is 16.2. The summed E-state index contributed by atoms with van der Waals surface area (Å²) in [5.41, 5.74) is 1.06. The maximum absolute atomic E-state index is 12.6. The summed E-state index contributed by atoms with van der Waals surface area (Å²) in [5.74, 6) is 0.349. The number of nitrogens with one attached hydrogen (secondary N) is 1. The van der Waals surface area contributed by atoms with Crippen molar-refractivity contribution in [2.24, 2.45) is 5.92 Å². The van der Waals surface area contributed by atoms with Gasteiger partial charge in [0.25, 0.3) is 0 Å². The molecule has 1 aromatic heterocycles. The minimum absolute atomic E-state index is 0.0855. The molecule has 1 aromatic rings. The Morgan fingerprint density at radius 1 is 1.30 bits per heavy atom. The van der Waals surface area contributed by atoms with Crippen molar-refractivity contribution in [3.8, 4) is 0 Å². The number of rotatable bonds is 4. The van der Waals surface area contributed by atoms with E-state index in [-0.39, 0.29) is 17.7 Å². The Labute approximate surface area is 121 Å². The third-order valence-corrected chi connectivity index (χ3v) is 4.08. The van der Waals surface area contributed by atoms with Gasteiger partial charge in [-0.1, -0.05) is 13.8 Å². The van der Waals surface area contributed by atoms with Crippen LogP contribution < -0.4 is 5.32 Å². The van der Waals surface area contributed by atoms with Gasteiger partial charge in [-0.3, -0.25) is 9.78 Å². The van der Waals surface area contributed by atoms with E-state index in [0.717, 1.165) is 31.5 Å². The van der Waals surface area contributed by atoms with Crippen LogP contribution in [0.4, 0.5) is 0 Å². The van der Waals surface area contributed by atoms with Crippen LogP contribution in [0, 0.1) is 5.92 Å². The molecule has 1 aliphatic rings. The van der Waals surface area contributed by atoms with E-state index in [0.29, 0.717) is 6.04 Å². The molecule has 110 valence electrons. The Kier molecular flexibility index (Phi) is 5.12. The number of hydrogen-bond donors (Lipinski definition) is 1. The molecule has 0 bridgehead atoms. The van der Waals surface area contributed by atoms with Crippen molar-refractivity contribution < 1.29 is 4.79 Å². The van der Waals surface area contributed by atoms with Crippen LogP contribution in [-0.2, 0) is 4.79 Å². The standard InChI is InChI=1S/C16H25N3O/c1-12(2)15(13-4-8-17-9-5-13)16(20)18-14-6-10-19(3)11-7-14/h4-5,8-9,12,14-15H,6-7,10-11H2,1-3H3,(H,18,20). The maximum atomic E-state index is 12.6. The molecule has 0 radical (unpaired) electrons. The van der Waals surface area contributed by atoms with Crippen LogP contribution in [0.1, 0.15) is 38.2 Å². The van der Waals surface area contributed by atoms with E-state index >= 15 is 0 Å². The average Bonchev–Trinajstić information content (AvgIpc) is 2.42. The fraction of sp³-hybridized carbons (Fsp3) is 0.625. The molecule has 2 rings (SSSR count). The minimum Gasteiger partial charge on any atom is -0.353 e. The second-order valence-electron chi connectivity index (χ2n) is 6.09. The first kappa shape index (κ1) is 15.0. The zero-order valence-electron chi connectivity index (χ0n) is 12.7. The quantitative estimate of drug-likeness (QED) is 0.914. The number of nitrogens with zero attached hydrogens (tertiary/aromatic N) is 2. The van der Waals surface area contributed by atoms with Crippen LogP contribution >= 0.6 is 0 Å². The largest absolute Gasteiger partial charge is 0.353 e. The first-order valence-electron chi connectivity index (χ1n) is 7.46.